The molecule has 0 saturated carbocycles. The van der Waals surface area contributed by atoms with E-state index in [-0.39, 0.29) is 27.5 Å². The summed E-state index contributed by atoms with van der Waals surface area (Å²) in [6, 6.07) is 9.91. The van der Waals surface area contributed by atoms with Crippen LogP contribution in [-0.2, 0) is 4.79 Å². The normalized spacial score (nSPS) is 12.0. The number of nitrogens with zero attached hydrogens (tertiary/aromatic N) is 3. The Labute approximate surface area is 162 Å². The number of hydrogen-bond donors (Lipinski definition) is 2. The van der Waals surface area contributed by atoms with Crippen molar-refractivity contribution in [2.24, 2.45) is 0 Å². The van der Waals surface area contributed by atoms with Crippen LogP contribution in [0, 0.1) is 11.6 Å². The van der Waals surface area contributed by atoms with Crippen LogP contribution < -0.4 is 11.2 Å². The second-order valence-corrected chi connectivity index (χ2v) is 7.25. The summed E-state index contributed by atoms with van der Waals surface area (Å²) in [5.41, 5.74) is 0.567. The SMILES string of the molecule is C[C@H](Sc1nnc(-c2ccccc2F)n1N)C(=O)Nc1ccc(F)c(Cl)c1. The van der Waals surface area contributed by atoms with Gasteiger partial charge in [0.25, 0.3) is 0 Å². The molecule has 140 valence electrons. The molecule has 1 amide bonds. The average molecular weight is 410 g/mol. The van der Waals surface area contributed by atoms with Crippen LogP contribution in [0.2, 0.25) is 5.02 Å². The third-order valence-electron chi connectivity index (χ3n) is 3.62. The smallest absolute Gasteiger partial charge is 0.237 e. The highest BCUT2D eigenvalue weighted by molar-refractivity contribution is 8.00. The Bertz CT molecular complexity index is 997. The number of benzene rings is 2. The van der Waals surface area contributed by atoms with Gasteiger partial charge in [0.2, 0.25) is 11.1 Å². The molecule has 1 heterocycles. The molecule has 1 atom stereocenters. The summed E-state index contributed by atoms with van der Waals surface area (Å²) in [4.78, 5) is 12.3. The van der Waals surface area contributed by atoms with E-state index in [9.17, 15) is 13.6 Å². The van der Waals surface area contributed by atoms with Gasteiger partial charge in [-0.25, -0.2) is 13.5 Å². The Kier molecular flexibility index (Phi) is 5.62. The molecule has 0 spiro atoms. The number of amides is 1. The Morgan fingerprint density at radius 3 is 2.67 bits per heavy atom. The minimum absolute atomic E-state index is 0.0932. The number of nitrogens with two attached hydrogens (primary N) is 1. The Morgan fingerprint density at radius 2 is 1.96 bits per heavy atom. The van der Waals surface area contributed by atoms with Gasteiger partial charge >= 0.3 is 0 Å². The zero-order valence-corrected chi connectivity index (χ0v) is 15.6. The summed E-state index contributed by atoms with van der Waals surface area (Å²) in [5.74, 6) is 4.68. The van der Waals surface area contributed by atoms with Crippen molar-refractivity contribution >= 4 is 35.0 Å². The molecular weight excluding hydrogens is 396 g/mol. The Hall–Kier alpha value is -2.65. The quantitative estimate of drug-likeness (QED) is 0.495. The van der Waals surface area contributed by atoms with E-state index in [1.165, 1.54) is 24.3 Å². The highest BCUT2D eigenvalue weighted by Gasteiger charge is 2.21. The molecule has 0 radical (unpaired) electrons. The lowest BCUT2D eigenvalue weighted by Crippen LogP contribution is -2.23. The fraction of sp³-hybridized carbons (Fsp3) is 0.118. The van der Waals surface area contributed by atoms with Crippen molar-refractivity contribution in [3.05, 3.63) is 59.1 Å². The number of thioether (sulfide) groups is 1. The van der Waals surface area contributed by atoms with E-state index in [0.717, 1.165) is 22.5 Å². The predicted molar refractivity (Wildman–Crippen MR) is 101 cm³/mol. The minimum atomic E-state index is -0.603. The van der Waals surface area contributed by atoms with Crippen LogP contribution in [0.3, 0.4) is 0 Å². The lowest BCUT2D eigenvalue weighted by Gasteiger charge is -2.12. The zero-order chi connectivity index (χ0) is 19.6. The molecule has 0 aliphatic rings. The van der Waals surface area contributed by atoms with Gasteiger partial charge in [0.15, 0.2) is 5.82 Å². The molecule has 0 aliphatic heterocycles. The van der Waals surface area contributed by atoms with Crippen LogP contribution in [0.15, 0.2) is 47.6 Å². The topological polar surface area (TPSA) is 85.8 Å². The molecule has 10 heteroatoms. The number of nitrogen functional groups attached to an aromatic ring is 1. The number of nitrogens with one attached hydrogen (secondary N) is 1. The first-order valence-electron chi connectivity index (χ1n) is 7.74. The largest absolute Gasteiger partial charge is 0.335 e. The number of rotatable bonds is 5. The molecule has 3 N–H and O–H groups in total. The van der Waals surface area contributed by atoms with Crippen molar-refractivity contribution < 1.29 is 13.6 Å². The molecule has 3 aromatic rings. The summed E-state index contributed by atoms with van der Waals surface area (Å²) in [5, 5.41) is 10.00. The zero-order valence-electron chi connectivity index (χ0n) is 14.0. The highest BCUT2D eigenvalue weighted by Crippen LogP contribution is 2.27. The second-order valence-electron chi connectivity index (χ2n) is 5.53. The van der Waals surface area contributed by atoms with Crippen LogP contribution >= 0.6 is 23.4 Å². The second kappa shape index (κ2) is 7.93. The predicted octanol–water partition coefficient (Wildman–Crippen LogP) is 3.71. The standard InChI is InChI=1S/C17H14ClF2N5OS/c1-9(16(26)22-10-6-7-14(20)12(18)8-10)27-17-24-23-15(25(17)21)11-4-2-3-5-13(11)19/h2-9H,21H2,1H3,(H,22,26)/t9-/m0/s1. The summed E-state index contributed by atoms with van der Waals surface area (Å²) in [6.45, 7) is 1.64. The van der Waals surface area contributed by atoms with E-state index in [4.69, 9.17) is 17.4 Å². The van der Waals surface area contributed by atoms with Crippen LogP contribution in [0.25, 0.3) is 11.4 Å². The molecule has 0 bridgehead atoms. The highest BCUT2D eigenvalue weighted by atomic mass is 35.5. The molecule has 0 aliphatic carbocycles. The number of hydrogen-bond acceptors (Lipinski definition) is 5. The first-order valence-corrected chi connectivity index (χ1v) is 9.00. The first kappa shape index (κ1) is 19.1. The third kappa shape index (κ3) is 4.20. The number of anilines is 1. The van der Waals surface area contributed by atoms with Gasteiger partial charge in [-0.15, -0.1) is 10.2 Å². The maximum absolute atomic E-state index is 13.9. The maximum atomic E-state index is 13.9. The Balaban J connectivity index is 1.72. The molecule has 0 unspecified atom stereocenters. The molecule has 2 aromatic carbocycles. The van der Waals surface area contributed by atoms with Gasteiger partial charge in [-0.05, 0) is 37.3 Å². The first-order chi connectivity index (χ1) is 12.9. The minimum Gasteiger partial charge on any atom is -0.335 e. The van der Waals surface area contributed by atoms with Crippen LogP contribution in [0.1, 0.15) is 6.92 Å². The van der Waals surface area contributed by atoms with Gasteiger partial charge in [-0.2, -0.15) is 0 Å². The molecule has 27 heavy (non-hydrogen) atoms. The van der Waals surface area contributed by atoms with Gasteiger partial charge in [-0.1, -0.05) is 35.5 Å². The van der Waals surface area contributed by atoms with Gasteiger partial charge < -0.3 is 11.2 Å². The molecule has 3 rings (SSSR count). The van der Waals surface area contributed by atoms with Crippen molar-refractivity contribution in [3.63, 3.8) is 0 Å². The molecule has 0 saturated heterocycles. The van der Waals surface area contributed by atoms with Crippen molar-refractivity contribution in [1.29, 1.82) is 0 Å². The maximum Gasteiger partial charge on any atom is 0.237 e. The summed E-state index contributed by atoms with van der Waals surface area (Å²) >= 11 is 6.75. The van der Waals surface area contributed by atoms with E-state index in [1.807, 2.05) is 0 Å². The summed E-state index contributed by atoms with van der Waals surface area (Å²) < 4.78 is 28.2. The monoisotopic (exact) mass is 409 g/mol. The van der Waals surface area contributed by atoms with Gasteiger partial charge in [0, 0.05) is 5.69 Å². The summed E-state index contributed by atoms with van der Waals surface area (Å²) in [7, 11) is 0. The van der Waals surface area contributed by atoms with Crippen LogP contribution in [0.5, 0.6) is 0 Å². The molecule has 6 nitrogen and oxygen atoms in total. The number of halogens is 3. The third-order valence-corrected chi connectivity index (χ3v) is 4.96. The lowest BCUT2D eigenvalue weighted by atomic mass is 10.2. The van der Waals surface area contributed by atoms with E-state index in [1.54, 1.807) is 19.1 Å². The van der Waals surface area contributed by atoms with Gasteiger partial charge in [-0.3, -0.25) is 4.79 Å². The number of carbonyl (C=O) groups is 1. The van der Waals surface area contributed by atoms with E-state index in [0.29, 0.717) is 5.69 Å². The van der Waals surface area contributed by atoms with Crippen molar-refractivity contribution in [2.45, 2.75) is 17.3 Å². The van der Waals surface area contributed by atoms with E-state index in [2.05, 4.69) is 15.5 Å². The van der Waals surface area contributed by atoms with Crippen LogP contribution in [-0.4, -0.2) is 26.0 Å². The van der Waals surface area contributed by atoms with Gasteiger partial charge in [0.05, 0.1) is 15.8 Å². The van der Waals surface area contributed by atoms with Gasteiger partial charge in [0.1, 0.15) is 11.6 Å². The van der Waals surface area contributed by atoms with E-state index < -0.39 is 16.9 Å². The van der Waals surface area contributed by atoms with Crippen molar-refractivity contribution in [1.82, 2.24) is 14.9 Å². The average Bonchev–Trinajstić information content (AvgIpc) is 2.99. The molecule has 0 fully saturated rings. The Morgan fingerprint density at radius 1 is 1.22 bits per heavy atom. The van der Waals surface area contributed by atoms with Crippen molar-refractivity contribution in [2.75, 3.05) is 11.2 Å². The number of carbonyl (C=O) groups excluding carboxylic acids is 1. The summed E-state index contributed by atoms with van der Waals surface area (Å²) in [6.07, 6.45) is 0. The van der Waals surface area contributed by atoms with Crippen LogP contribution in [0.4, 0.5) is 14.5 Å². The van der Waals surface area contributed by atoms with E-state index >= 15 is 0 Å². The lowest BCUT2D eigenvalue weighted by molar-refractivity contribution is -0.115. The van der Waals surface area contributed by atoms with Crippen molar-refractivity contribution in [3.8, 4) is 11.4 Å². The molecule has 1 aromatic heterocycles. The molecular formula is C17H14ClF2N5OS. The fourth-order valence-corrected chi connectivity index (χ4v) is 3.16. The fourth-order valence-electron chi connectivity index (χ4n) is 2.21. The number of aromatic nitrogens is 3.